The van der Waals surface area contributed by atoms with Crippen LogP contribution in [0.2, 0.25) is 0 Å². The van der Waals surface area contributed by atoms with Gasteiger partial charge in [0.1, 0.15) is 0 Å². The van der Waals surface area contributed by atoms with Gasteiger partial charge < -0.3 is 5.32 Å². The molecule has 0 aliphatic rings. The smallest absolute Gasteiger partial charge is 0.0900 e. The van der Waals surface area contributed by atoms with E-state index in [0.29, 0.717) is 6.04 Å². The van der Waals surface area contributed by atoms with E-state index in [1.807, 2.05) is 7.05 Å². The molecule has 0 amide bonds. The Hall–Kier alpha value is -1.20. The lowest BCUT2D eigenvalue weighted by molar-refractivity contribution is 0.544. The molecule has 20 heavy (non-hydrogen) atoms. The average molecular weight is 292 g/mol. The van der Waals surface area contributed by atoms with Crippen LogP contribution in [0.25, 0.3) is 0 Å². The van der Waals surface area contributed by atoms with Gasteiger partial charge in [-0.3, -0.25) is 4.68 Å². The minimum atomic E-state index is 0.313. The maximum Gasteiger partial charge on any atom is 0.0900 e. The quantitative estimate of drug-likeness (QED) is 0.890. The number of nitrogens with one attached hydrogen (secondary N) is 1. The van der Waals surface area contributed by atoms with Gasteiger partial charge >= 0.3 is 0 Å². The second-order valence-electron chi connectivity index (χ2n) is 5.02. The molecule has 2 aromatic rings. The highest BCUT2D eigenvalue weighted by atomic mass is 32.1. The largest absolute Gasteiger partial charge is 0.312 e. The third-order valence-electron chi connectivity index (χ3n) is 3.59. The Morgan fingerprint density at radius 2 is 2.10 bits per heavy atom. The first-order valence-electron chi connectivity index (χ1n) is 7.25. The molecular formula is C15H24N4S. The number of rotatable bonds is 6. The maximum absolute atomic E-state index is 4.63. The molecule has 2 rings (SSSR count). The van der Waals surface area contributed by atoms with Gasteiger partial charge in [-0.1, -0.05) is 6.92 Å². The van der Waals surface area contributed by atoms with E-state index in [-0.39, 0.29) is 0 Å². The number of hydrogen-bond donors (Lipinski definition) is 1. The third-order valence-corrected chi connectivity index (χ3v) is 4.78. The fourth-order valence-corrected chi connectivity index (χ4v) is 3.57. The zero-order chi connectivity index (χ0) is 14.7. The van der Waals surface area contributed by atoms with Crippen molar-refractivity contribution in [2.24, 2.45) is 0 Å². The highest BCUT2D eigenvalue weighted by Gasteiger charge is 2.18. The topological polar surface area (TPSA) is 42.7 Å². The highest BCUT2D eigenvalue weighted by Crippen LogP contribution is 2.27. The van der Waals surface area contributed by atoms with Gasteiger partial charge in [0, 0.05) is 29.6 Å². The molecule has 0 aliphatic carbocycles. The van der Waals surface area contributed by atoms with Crippen molar-refractivity contribution in [3.05, 3.63) is 33.0 Å². The molecule has 0 saturated carbocycles. The molecule has 0 radical (unpaired) electrons. The van der Waals surface area contributed by atoms with Crippen LogP contribution >= 0.6 is 11.3 Å². The van der Waals surface area contributed by atoms with E-state index in [1.54, 1.807) is 11.3 Å². The maximum atomic E-state index is 4.63. The summed E-state index contributed by atoms with van der Waals surface area (Å²) >= 11 is 1.79. The third kappa shape index (κ3) is 3.10. The molecule has 110 valence electrons. The molecule has 0 fully saturated rings. The summed E-state index contributed by atoms with van der Waals surface area (Å²) in [5, 5.41) is 9.20. The second-order valence-corrected chi connectivity index (χ2v) is 6.26. The van der Waals surface area contributed by atoms with Gasteiger partial charge in [-0.25, -0.2) is 4.98 Å². The Morgan fingerprint density at radius 3 is 2.60 bits per heavy atom. The number of thiazole rings is 1. The number of aromatic nitrogens is 3. The summed E-state index contributed by atoms with van der Waals surface area (Å²) in [5.41, 5.74) is 3.62. The molecule has 0 aliphatic heterocycles. The van der Waals surface area contributed by atoms with Crippen molar-refractivity contribution in [2.45, 2.75) is 53.1 Å². The van der Waals surface area contributed by atoms with Gasteiger partial charge in [-0.2, -0.15) is 5.10 Å². The van der Waals surface area contributed by atoms with Crippen LogP contribution in [-0.4, -0.2) is 21.8 Å². The van der Waals surface area contributed by atoms with Crippen LogP contribution in [0.5, 0.6) is 0 Å². The molecule has 0 bridgehead atoms. The fraction of sp³-hybridized carbons (Fsp3) is 0.600. The Kier molecular flexibility index (Phi) is 4.94. The average Bonchev–Trinajstić information content (AvgIpc) is 2.98. The van der Waals surface area contributed by atoms with Crippen LogP contribution in [0.3, 0.4) is 0 Å². The van der Waals surface area contributed by atoms with Crippen molar-refractivity contribution in [3.63, 3.8) is 0 Å². The van der Waals surface area contributed by atoms with Crippen LogP contribution in [-0.2, 0) is 19.4 Å². The summed E-state index contributed by atoms with van der Waals surface area (Å²) in [4.78, 5) is 5.88. The lowest BCUT2D eigenvalue weighted by Crippen LogP contribution is -2.20. The molecule has 1 atom stereocenters. The minimum absolute atomic E-state index is 0.313. The fourth-order valence-electron chi connectivity index (χ4n) is 2.53. The zero-order valence-corrected chi connectivity index (χ0v) is 13.8. The molecule has 1 N–H and O–H groups in total. The first-order chi connectivity index (χ1) is 9.58. The summed E-state index contributed by atoms with van der Waals surface area (Å²) in [6.45, 7) is 9.38. The molecule has 0 aromatic carbocycles. The van der Waals surface area contributed by atoms with Crippen molar-refractivity contribution >= 4 is 11.3 Å². The minimum Gasteiger partial charge on any atom is -0.312 e. The summed E-state index contributed by atoms with van der Waals surface area (Å²) in [6.07, 6.45) is 1.95. The molecular weight excluding hydrogens is 268 g/mol. The van der Waals surface area contributed by atoms with E-state index in [9.17, 15) is 0 Å². The van der Waals surface area contributed by atoms with Gasteiger partial charge in [0.2, 0.25) is 0 Å². The van der Waals surface area contributed by atoms with E-state index in [0.717, 1.165) is 30.1 Å². The van der Waals surface area contributed by atoms with E-state index >= 15 is 0 Å². The van der Waals surface area contributed by atoms with Crippen LogP contribution in [0.4, 0.5) is 0 Å². The number of aryl methyl sites for hydroxylation is 4. The molecule has 0 spiro atoms. The molecule has 0 saturated heterocycles. The lowest BCUT2D eigenvalue weighted by atomic mass is 10.1. The van der Waals surface area contributed by atoms with Crippen LogP contribution < -0.4 is 5.32 Å². The summed E-state index contributed by atoms with van der Waals surface area (Å²) in [6, 6.07) is 2.55. The van der Waals surface area contributed by atoms with E-state index in [2.05, 4.69) is 53.8 Å². The van der Waals surface area contributed by atoms with Gasteiger partial charge in [-0.15, -0.1) is 11.3 Å². The number of likely N-dealkylation sites (N-methyl/N-ethyl adjacent to an activating group) is 1. The summed E-state index contributed by atoms with van der Waals surface area (Å²) in [7, 11) is 2.02. The first kappa shape index (κ1) is 15.2. The van der Waals surface area contributed by atoms with Crippen molar-refractivity contribution in [2.75, 3.05) is 7.05 Å². The predicted octanol–water partition coefficient (Wildman–Crippen LogP) is 3.04. The van der Waals surface area contributed by atoms with Gasteiger partial charge in [-0.05, 0) is 40.3 Å². The first-order valence-corrected chi connectivity index (χ1v) is 8.07. The van der Waals surface area contributed by atoms with Gasteiger partial charge in [0.05, 0.1) is 16.4 Å². The monoisotopic (exact) mass is 292 g/mol. The SMILES string of the molecule is CCc1cc(CC(NC)c2sc(C)nc2C)n(CC)n1. The molecule has 1 unspecified atom stereocenters. The Bertz CT molecular complexity index is 570. The van der Waals surface area contributed by atoms with Crippen LogP contribution in [0.1, 0.15) is 46.9 Å². The van der Waals surface area contributed by atoms with E-state index < -0.39 is 0 Å². The van der Waals surface area contributed by atoms with Gasteiger partial charge in [0.25, 0.3) is 0 Å². The Balaban J connectivity index is 2.26. The summed E-state index contributed by atoms with van der Waals surface area (Å²) < 4.78 is 2.12. The van der Waals surface area contributed by atoms with Crippen molar-refractivity contribution in [3.8, 4) is 0 Å². The lowest BCUT2D eigenvalue weighted by Gasteiger charge is -2.15. The van der Waals surface area contributed by atoms with E-state index in [4.69, 9.17) is 0 Å². The van der Waals surface area contributed by atoms with Crippen molar-refractivity contribution in [1.82, 2.24) is 20.1 Å². The normalized spacial score (nSPS) is 12.8. The van der Waals surface area contributed by atoms with Gasteiger partial charge in [0.15, 0.2) is 0 Å². The van der Waals surface area contributed by atoms with E-state index in [1.165, 1.54) is 16.3 Å². The predicted molar refractivity (Wildman–Crippen MR) is 84.4 cm³/mol. The molecule has 5 heteroatoms. The standard InChI is InChI=1S/C15H24N4S/c1-6-12-8-13(19(7-2)18-12)9-14(16-5)15-10(3)17-11(4)20-15/h8,14,16H,6-7,9H2,1-5H3. The van der Waals surface area contributed by atoms with Crippen molar-refractivity contribution in [1.29, 1.82) is 0 Å². The molecule has 2 heterocycles. The Morgan fingerprint density at radius 1 is 1.35 bits per heavy atom. The second kappa shape index (κ2) is 6.50. The number of nitrogens with zero attached hydrogens (tertiary/aromatic N) is 3. The van der Waals surface area contributed by atoms with Crippen LogP contribution in [0, 0.1) is 13.8 Å². The van der Waals surface area contributed by atoms with Crippen LogP contribution in [0.15, 0.2) is 6.07 Å². The molecule has 4 nitrogen and oxygen atoms in total. The van der Waals surface area contributed by atoms with Crippen molar-refractivity contribution < 1.29 is 0 Å². The Labute approximate surface area is 125 Å². The molecule has 2 aromatic heterocycles. The zero-order valence-electron chi connectivity index (χ0n) is 13.0. The summed E-state index contributed by atoms with van der Waals surface area (Å²) in [5.74, 6) is 0. The highest BCUT2D eigenvalue weighted by molar-refractivity contribution is 7.11. The number of hydrogen-bond acceptors (Lipinski definition) is 4.